The van der Waals surface area contributed by atoms with E-state index >= 15 is 0 Å². The highest BCUT2D eigenvalue weighted by atomic mass is 32.1. The van der Waals surface area contributed by atoms with Crippen LogP contribution in [-0.4, -0.2) is 11.1 Å². The lowest BCUT2D eigenvalue weighted by Gasteiger charge is -2.05. The number of hydrogen-bond acceptors (Lipinski definition) is 3. The van der Waals surface area contributed by atoms with Gasteiger partial charge in [-0.3, -0.25) is 4.79 Å². The summed E-state index contributed by atoms with van der Waals surface area (Å²) >= 11 is 1.52. The molecule has 3 nitrogen and oxygen atoms in total. The van der Waals surface area contributed by atoms with Crippen molar-refractivity contribution in [1.82, 2.24) is 0 Å². The maximum Gasteiger partial charge on any atom is 0.303 e. The van der Waals surface area contributed by atoms with Crippen molar-refractivity contribution < 1.29 is 14.6 Å². The number of rotatable bonds is 5. The van der Waals surface area contributed by atoms with E-state index in [1.54, 1.807) is 0 Å². The number of carboxylic acid groups (broad SMARTS) is 1. The first-order valence-electron chi connectivity index (χ1n) is 5.27. The van der Waals surface area contributed by atoms with Gasteiger partial charge in [0, 0.05) is 4.88 Å². The molecule has 4 heteroatoms. The van der Waals surface area contributed by atoms with Crippen LogP contribution >= 0.6 is 11.3 Å². The number of para-hydroxylation sites is 1. The molecule has 88 valence electrons. The van der Waals surface area contributed by atoms with E-state index in [1.807, 2.05) is 41.8 Å². The average Bonchev–Trinajstić information content (AvgIpc) is 2.75. The predicted molar refractivity (Wildman–Crippen MR) is 66.8 cm³/mol. The molecular weight excluding hydrogens is 236 g/mol. The highest BCUT2D eigenvalue weighted by Crippen LogP contribution is 2.30. The van der Waals surface area contributed by atoms with Crippen LogP contribution in [0.25, 0.3) is 0 Å². The van der Waals surface area contributed by atoms with E-state index in [1.165, 1.54) is 11.3 Å². The molecule has 0 unspecified atom stereocenters. The quantitative estimate of drug-likeness (QED) is 0.880. The van der Waals surface area contributed by atoms with Crippen molar-refractivity contribution >= 4 is 17.3 Å². The third kappa shape index (κ3) is 3.32. The third-order valence-corrected chi connectivity index (χ3v) is 3.20. The Balaban J connectivity index is 2.06. The molecule has 0 fully saturated rings. The number of aliphatic carboxylic acids is 1. The normalized spacial score (nSPS) is 10.1. The summed E-state index contributed by atoms with van der Waals surface area (Å²) < 4.78 is 5.70. The summed E-state index contributed by atoms with van der Waals surface area (Å²) in [5.74, 6) is 0.731. The van der Waals surface area contributed by atoms with Crippen LogP contribution in [0.5, 0.6) is 11.5 Å². The van der Waals surface area contributed by atoms with Gasteiger partial charge in [-0.1, -0.05) is 18.2 Å². The summed E-state index contributed by atoms with van der Waals surface area (Å²) in [7, 11) is 0. The van der Waals surface area contributed by atoms with E-state index in [2.05, 4.69) is 0 Å². The molecule has 0 saturated carbocycles. The Morgan fingerprint density at radius 3 is 2.71 bits per heavy atom. The molecular formula is C13H12O3S. The molecule has 2 rings (SSSR count). The summed E-state index contributed by atoms with van der Waals surface area (Å²) in [6.45, 7) is 0. The molecule has 0 bridgehead atoms. The largest absolute Gasteiger partial charge is 0.481 e. The van der Waals surface area contributed by atoms with Gasteiger partial charge in [-0.25, -0.2) is 0 Å². The summed E-state index contributed by atoms with van der Waals surface area (Å²) in [5.41, 5.74) is 0. The van der Waals surface area contributed by atoms with Crippen LogP contribution in [0.3, 0.4) is 0 Å². The Kier molecular flexibility index (Phi) is 3.77. The molecule has 1 N–H and O–H groups in total. The Morgan fingerprint density at radius 2 is 2.00 bits per heavy atom. The van der Waals surface area contributed by atoms with Crippen LogP contribution in [0.4, 0.5) is 0 Å². The molecule has 1 aromatic heterocycles. The number of thiophene rings is 1. The number of carboxylic acids is 1. The second-order valence-electron chi connectivity index (χ2n) is 3.52. The zero-order valence-corrected chi connectivity index (χ0v) is 9.94. The van der Waals surface area contributed by atoms with Gasteiger partial charge in [0.05, 0.1) is 6.42 Å². The second-order valence-corrected chi connectivity index (χ2v) is 4.52. The number of hydrogen-bond donors (Lipinski definition) is 1. The van der Waals surface area contributed by atoms with Crippen molar-refractivity contribution in [2.24, 2.45) is 0 Å². The van der Waals surface area contributed by atoms with Crippen molar-refractivity contribution in [3.63, 3.8) is 0 Å². The molecule has 0 aliphatic heterocycles. The highest BCUT2D eigenvalue weighted by molar-refractivity contribution is 7.10. The molecule has 1 aromatic carbocycles. The lowest BCUT2D eigenvalue weighted by atomic mass is 10.2. The molecule has 0 radical (unpaired) electrons. The van der Waals surface area contributed by atoms with Crippen LogP contribution in [-0.2, 0) is 11.2 Å². The van der Waals surface area contributed by atoms with E-state index in [4.69, 9.17) is 9.84 Å². The molecule has 0 atom stereocenters. The van der Waals surface area contributed by atoms with Crippen LogP contribution in [0.2, 0.25) is 0 Å². The van der Waals surface area contributed by atoms with Crippen molar-refractivity contribution in [1.29, 1.82) is 0 Å². The fourth-order valence-electron chi connectivity index (χ4n) is 1.44. The Hall–Kier alpha value is -1.81. The molecule has 17 heavy (non-hydrogen) atoms. The lowest BCUT2D eigenvalue weighted by Crippen LogP contribution is -1.97. The summed E-state index contributed by atoms with van der Waals surface area (Å²) in [4.78, 5) is 11.5. The Labute approximate surface area is 103 Å². The van der Waals surface area contributed by atoms with Crippen LogP contribution in [0.15, 0.2) is 41.8 Å². The molecule has 2 aromatic rings. The first-order valence-corrected chi connectivity index (χ1v) is 6.15. The van der Waals surface area contributed by atoms with E-state index < -0.39 is 5.97 Å². The second kappa shape index (κ2) is 5.50. The van der Waals surface area contributed by atoms with Crippen molar-refractivity contribution in [3.05, 3.63) is 46.7 Å². The first kappa shape index (κ1) is 11.7. The van der Waals surface area contributed by atoms with Gasteiger partial charge in [0.15, 0.2) is 0 Å². The predicted octanol–water partition coefficient (Wildman–Crippen LogP) is 3.56. The molecule has 0 saturated heterocycles. The third-order valence-electron chi connectivity index (χ3n) is 2.24. The molecule has 0 amide bonds. The van der Waals surface area contributed by atoms with Gasteiger partial charge in [-0.2, -0.15) is 0 Å². The van der Waals surface area contributed by atoms with Crippen molar-refractivity contribution in [2.45, 2.75) is 12.8 Å². The topological polar surface area (TPSA) is 46.5 Å². The van der Waals surface area contributed by atoms with Gasteiger partial charge in [0.1, 0.15) is 11.5 Å². The SMILES string of the molecule is O=C(O)CCc1sccc1Oc1ccccc1. The smallest absolute Gasteiger partial charge is 0.303 e. The fourth-order valence-corrected chi connectivity index (χ4v) is 2.24. The van der Waals surface area contributed by atoms with Gasteiger partial charge in [-0.15, -0.1) is 11.3 Å². The maximum absolute atomic E-state index is 10.5. The van der Waals surface area contributed by atoms with Crippen LogP contribution < -0.4 is 4.74 Å². The number of aryl methyl sites for hydroxylation is 1. The van der Waals surface area contributed by atoms with Crippen LogP contribution in [0.1, 0.15) is 11.3 Å². The fraction of sp³-hybridized carbons (Fsp3) is 0.154. The summed E-state index contributed by atoms with van der Waals surface area (Å²) in [6.07, 6.45) is 0.640. The zero-order valence-electron chi connectivity index (χ0n) is 9.13. The lowest BCUT2D eigenvalue weighted by molar-refractivity contribution is -0.136. The number of benzene rings is 1. The summed E-state index contributed by atoms with van der Waals surface area (Å²) in [5, 5.41) is 10.6. The minimum absolute atomic E-state index is 0.131. The zero-order chi connectivity index (χ0) is 12.1. The van der Waals surface area contributed by atoms with Gasteiger partial charge in [-0.05, 0) is 30.0 Å². The van der Waals surface area contributed by atoms with Gasteiger partial charge >= 0.3 is 5.97 Å². The van der Waals surface area contributed by atoms with Crippen LogP contribution in [0, 0.1) is 0 Å². The average molecular weight is 248 g/mol. The monoisotopic (exact) mass is 248 g/mol. The van der Waals surface area contributed by atoms with Gasteiger partial charge in [0.2, 0.25) is 0 Å². The maximum atomic E-state index is 10.5. The minimum Gasteiger partial charge on any atom is -0.481 e. The van der Waals surface area contributed by atoms with Gasteiger partial charge in [0.25, 0.3) is 0 Å². The number of carbonyl (C=O) groups is 1. The Bertz CT molecular complexity index is 490. The Morgan fingerprint density at radius 1 is 1.24 bits per heavy atom. The van der Waals surface area contributed by atoms with E-state index in [0.29, 0.717) is 6.42 Å². The molecule has 0 spiro atoms. The molecule has 1 heterocycles. The van der Waals surface area contributed by atoms with Gasteiger partial charge < -0.3 is 9.84 Å². The van der Waals surface area contributed by atoms with E-state index in [0.717, 1.165) is 16.4 Å². The summed E-state index contributed by atoms with van der Waals surface area (Å²) in [6, 6.07) is 11.3. The van der Waals surface area contributed by atoms with Crippen molar-refractivity contribution in [2.75, 3.05) is 0 Å². The highest BCUT2D eigenvalue weighted by Gasteiger charge is 2.08. The van der Waals surface area contributed by atoms with E-state index in [-0.39, 0.29) is 6.42 Å². The molecule has 0 aliphatic rings. The number of ether oxygens (including phenoxy) is 1. The van der Waals surface area contributed by atoms with Crippen molar-refractivity contribution in [3.8, 4) is 11.5 Å². The van der Waals surface area contributed by atoms with E-state index in [9.17, 15) is 4.79 Å². The molecule has 0 aliphatic carbocycles. The first-order chi connectivity index (χ1) is 8.25. The minimum atomic E-state index is -0.788. The standard InChI is InChI=1S/C13H12O3S/c14-13(15)7-6-12-11(8-9-17-12)16-10-4-2-1-3-5-10/h1-5,8-9H,6-7H2,(H,14,15).